The molecule has 6 heteroatoms. The third kappa shape index (κ3) is 3.17. The largest absolute Gasteiger partial charge is 0.463 e. The van der Waals surface area contributed by atoms with Gasteiger partial charge in [-0.15, -0.1) is 0 Å². The Labute approximate surface area is 178 Å². The van der Waals surface area contributed by atoms with Crippen LogP contribution in [-0.4, -0.2) is 22.1 Å². The molecule has 0 saturated heterocycles. The van der Waals surface area contributed by atoms with Crippen LogP contribution in [0.2, 0.25) is 0 Å². The van der Waals surface area contributed by atoms with E-state index in [0.717, 1.165) is 16.6 Å². The number of hydrogen-bond acceptors (Lipinski definition) is 4. The van der Waals surface area contributed by atoms with Gasteiger partial charge in [-0.2, -0.15) is 0 Å². The van der Waals surface area contributed by atoms with Crippen molar-refractivity contribution in [3.63, 3.8) is 0 Å². The van der Waals surface area contributed by atoms with Crippen molar-refractivity contribution in [2.45, 2.75) is 13.0 Å². The van der Waals surface area contributed by atoms with Gasteiger partial charge in [-0.05, 0) is 30.7 Å². The third-order valence-corrected chi connectivity index (χ3v) is 5.39. The second-order valence-corrected chi connectivity index (χ2v) is 7.22. The van der Waals surface area contributed by atoms with Gasteiger partial charge < -0.3 is 10.1 Å². The van der Waals surface area contributed by atoms with Gasteiger partial charge in [0.25, 0.3) is 0 Å². The predicted octanol–water partition coefficient (Wildman–Crippen LogP) is 5.16. The van der Waals surface area contributed by atoms with Gasteiger partial charge in [0.1, 0.15) is 5.82 Å². The van der Waals surface area contributed by atoms with E-state index in [1.165, 1.54) is 6.07 Å². The molecule has 154 valence electrons. The van der Waals surface area contributed by atoms with Crippen molar-refractivity contribution in [1.29, 1.82) is 0 Å². The highest BCUT2D eigenvalue weighted by atomic mass is 19.1. The molecule has 0 fully saturated rings. The molecule has 0 spiro atoms. The van der Waals surface area contributed by atoms with Crippen LogP contribution < -0.4 is 5.32 Å². The lowest BCUT2D eigenvalue weighted by atomic mass is 9.92. The molecule has 2 heterocycles. The summed E-state index contributed by atoms with van der Waals surface area (Å²) in [5.74, 6) is -0.348. The molecular formula is C25H20FN3O2. The van der Waals surface area contributed by atoms with Crippen LogP contribution in [0.1, 0.15) is 24.1 Å². The lowest BCUT2D eigenvalue weighted by Gasteiger charge is -2.31. The van der Waals surface area contributed by atoms with E-state index in [9.17, 15) is 4.79 Å². The maximum atomic E-state index is 15.1. The Balaban J connectivity index is 1.86. The number of esters is 1. The van der Waals surface area contributed by atoms with Crippen LogP contribution in [0.5, 0.6) is 0 Å². The highest BCUT2D eigenvalue weighted by molar-refractivity contribution is 6.03. The lowest BCUT2D eigenvalue weighted by molar-refractivity contribution is -0.138. The molecular weight excluding hydrogens is 393 g/mol. The number of carbonyl (C=O) groups is 1. The number of halogens is 1. The Kier molecular flexibility index (Phi) is 4.75. The van der Waals surface area contributed by atoms with Crippen LogP contribution in [0.15, 0.2) is 84.4 Å². The van der Waals surface area contributed by atoms with Gasteiger partial charge in [0.05, 0.1) is 35.0 Å². The van der Waals surface area contributed by atoms with Crippen LogP contribution in [0, 0.1) is 5.82 Å². The highest BCUT2D eigenvalue weighted by Crippen LogP contribution is 2.42. The number of imidazole rings is 1. The number of carbonyl (C=O) groups excluding carboxylic acids is 1. The topological polar surface area (TPSA) is 56.1 Å². The zero-order valence-electron chi connectivity index (χ0n) is 16.9. The molecule has 0 unspecified atom stereocenters. The summed E-state index contributed by atoms with van der Waals surface area (Å²) in [5, 5.41) is 3.32. The molecule has 1 aromatic heterocycles. The van der Waals surface area contributed by atoms with Gasteiger partial charge in [0, 0.05) is 5.56 Å². The Hall–Kier alpha value is -3.93. The fourth-order valence-electron chi connectivity index (χ4n) is 4.09. The molecule has 5 rings (SSSR count). The van der Waals surface area contributed by atoms with Crippen molar-refractivity contribution < 1.29 is 13.9 Å². The Morgan fingerprint density at radius 1 is 1.03 bits per heavy atom. The maximum Gasteiger partial charge on any atom is 0.338 e. The molecule has 0 aliphatic carbocycles. The lowest BCUT2D eigenvalue weighted by Crippen LogP contribution is -2.29. The Bertz CT molecular complexity index is 1310. The van der Waals surface area contributed by atoms with E-state index in [2.05, 4.69) is 5.32 Å². The average Bonchev–Trinajstić information content (AvgIpc) is 3.17. The molecule has 0 bridgehead atoms. The molecule has 1 N–H and O–H groups in total. The van der Waals surface area contributed by atoms with Gasteiger partial charge >= 0.3 is 5.97 Å². The molecule has 31 heavy (non-hydrogen) atoms. The van der Waals surface area contributed by atoms with E-state index in [1.54, 1.807) is 25.1 Å². The van der Waals surface area contributed by atoms with E-state index in [0.29, 0.717) is 22.8 Å². The number of ether oxygens (including phenoxy) is 1. The van der Waals surface area contributed by atoms with Crippen LogP contribution in [-0.2, 0) is 9.53 Å². The summed E-state index contributed by atoms with van der Waals surface area (Å²) in [6.45, 7) is 1.97. The molecule has 1 aliphatic rings. The SMILES string of the molecule is CCOC(=O)C1=C(c2ccccc2)Nc2nc3ccccc3n2[C@@H]1c1ccccc1F. The minimum Gasteiger partial charge on any atom is -0.463 e. The average molecular weight is 413 g/mol. The second kappa shape index (κ2) is 7.72. The zero-order valence-corrected chi connectivity index (χ0v) is 16.9. The van der Waals surface area contributed by atoms with Gasteiger partial charge in [-0.25, -0.2) is 14.2 Å². The molecule has 1 aliphatic heterocycles. The molecule has 3 aromatic carbocycles. The number of aromatic nitrogens is 2. The first-order chi connectivity index (χ1) is 15.2. The van der Waals surface area contributed by atoms with Crippen molar-refractivity contribution in [2.75, 3.05) is 11.9 Å². The second-order valence-electron chi connectivity index (χ2n) is 7.22. The standard InChI is InChI=1S/C25H20FN3O2/c1-2-31-24(30)21-22(16-10-4-3-5-11-16)28-25-27-19-14-8-9-15-20(19)29(25)23(21)17-12-6-7-13-18(17)26/h3-15,23H,2H2,1H3,(H,27,28)/t23-/m1/s1. The molecule has 1 atom stereocenters. The number of benzene rings is 3. The van der Waals surface area contributed by atoms with Crippen molar-refractivity contribution in [2.24, 2.45) is 0 Å². The summed E-state index contributed by atoms with van der Waals surface area (Å²) < 4.78 is 22.4. The van der Waals surface area contributed by atoms with Gasteiger partial charge in [-0.1, -0.05) is 60.7 Å². The first kappa shape index (κ1) is 19.1. The first-order valence-corrected chi connectivity index (χ1v) is 10.1. The van der Waals surface area contributed by atoms with Gasteiger partial charge in [0.15, 0.2) is 0 Å². The summed E-state index contributed by atoms with van der Waals surface area (Å²) in [4.78, 5) is 18.0. The van der Waals surface area contributed by atoms with Crippen LogP contribution >= 0.6 is 0 Å². The fourth-order valence-corrected chi connectivity index (χ4v) is 4.09. The third-order valence-electron chi connectivity index (χ3n) is 5.39. The molecule has 0 saturated carbocycles. The Morgan fingerprint density at radius 3 is 2.52 bits per heavy atom. The van der Waals surface area contributed by atoms with Crippen LogP contribution in [0.25, 0.3) is 16.7 Å². The number of fused-ring (bicyclic) bond motifs is 3. The number of rotatable bonds is 4. The van der Waals surface area contributed by atoms with E-state index in [-0.39, 0.29) is 6.61 Å². The minimum atomic E-state index is -0.737. The zero-order chi connectivity index (χ0) is 21.4. The normalized spacial score (nSPS) is 15.5. The number of para-hydroxylation sites is 2. The molecule has 0 radical (unpaired) electrons. The number of nitrogens with zero attached hydrogens (tertiary/aromatic N) is 2. The minimum absolute atomic E-state index is 0.214. The fraction of sp³-hybridized carbons (Fsp3) is 0.120. The first-order valence-electron chi connectivity index (χ1n) is 10.1. The van der Waals surface area contributed by atoms with Crippen molar-refractivity contribution in [3.8, 4) is 0 Å². The van der Waals surface area contributed by atoms with E-state index in [4.69, 9.17) is 9.72 Å². The van der Waals surface area contributed by atoms with E-state index in [1.807, 2.05) is 59.2 Å². The highest BCUT2D eigenvalue weighted by Gasteiger charge is 2.37. The van der Waals surface area contributed by atoms with Crippen molar-refractivity contribution in [1.82, 2.24) is 9.55 Å². The van der Waals surface area contributed by atoms with E-state index < -0.39 is 17.8 Å². The monoisotopic (exact) mass is 413 g/mol. The van der Waals surface area contributed by atoms with Crippen LogP contribution in [0.3, 0.4) is 0 Å². The smallest absolute Gasteiger partial charge is 0.338 e. The summed E-state index contributed by atoms with van der Waals surface area (Å²) in [6, 6.07) is 22.9. The van der Waals surface area contributed by atoms with Crippen molar-refractivity contribution in [3.05, 3.63) is 101 Å². The summed E-state index contributed by atoms with van der Waals surface area (Å²) in [7, 11) is 0. The summed E-state index contributed by atoms with van der Waals surface area (Å²) in [5.41, 5.74) is 3.63. The molecule has 5 nitrogen and oxygen atoms in total. The summed E-state index contributed by atoms with van der Waals surface area (Å²) in [6.07, 6.45) is 0. The molecule has 0 amide bonds. The quantitative estimate of drug-likeness (QED) is 0.469. The number of hydrogen-bond donors (Lipinski definition) is 1. The predicted molar refractivity (Wildman–Crippen MR) is 118 cm³/mol. The Morgan fingerprint density at radius 2 is 1.74 bits per heavy atom. The summed E-state index contributed by atoms with van der Waals surface area (Å²) >= 11 is 0. The maximum absolute atomic E-state index is 15.1. The van der Waals surface area contributed by atoms with Crippen molar-refractivity contribution >= 4 is 28.6 Å². The van der Waals surface area contributed by atoms with E-state index >= 15 is 4.39 Å². The molecule has 4 aromatic rings. The van der Waals surface area contributed by atoms with Gasteiger partial charge in [-0.3, -0.25) is 4.57 Å². The van der Waals surface area contributed by atoms with Crippen LogP contribution in [0.4, 0.5) is 10.3 Å². The van der Waals surface area contributed by atoms with Gasteiger partial charge in [0.2, 0.25) is 5.95 Å². The number of nitrogens with one attached hydrogen (secondary N) is 1. The number of anilines is 1.